The highest BCUT2D eigenvalue weighted by Crippen LogP contribution is 2.45. The fraction of sp³-hybridized carbons (Fsp3) is 0.522. The fourth-order valence-electron chi connectivity index (χ4n) is 5.42. The summed E-state index contributed by atoms with van der Waals surface area (Å²) in [5.41, 5.74) is 3.59. The first kappa shape index (κ1) is 16.9. The van der Waals surface area contributed by atoms with E-state index >= 15 is 0 Å². The number of carbonyl (C=O) groups is 1. The van der Waals surface area contributed by atoms with Crippen LogP contribution in [-0.2, 0) is 16.6 Å². The van der Waals surface area contributed by atoms with Gasteiger partial charge in [0.1, 0.15) is 0 Å². The molecule has 2 aromatic rings. The van der Waals surface area contributed by atoms with Gasteiger partial charge in [0.2, 0.25) is 5.91 Å². The minimum Gasteiger partial charge on any atom is -0.342 e. The molecule has 1 aromatic carbocycles. The molecule has 1 unspecified atom stereocenters. The van der Waals surface area contributed by atoms with E-state index in [1.165, 1.54) is 24.1 Å². The molecular formula is C23H27N3O. The lowest BCUT2D eigenvalue weighted by molar-refractivity contribution is -0.137. The van der Waals surface area contributed by atoms with E-state index in [1.807, 2.05) is 24.4 Å². The summed E-state index contributed by atoms with van der Waals surface area (Å²) in [6, 6.07) is 10.2. The minimum absolute atomic E-state index is 0.0360. The average molecular weight is 361 g/mol. The molecule has 1 aromatic heterocycles. The molecule has 2 fully saturated rings. The number of fused-ring (bicyclic) bond motifs is 2. The lowest BCUT2D eigenvalue weighted by Gasteiger charge is -2.41. The van der Waals surface area contributed by atoms with Crippen molar-refractivity contribution in [2.24, 2.45) is 5.92 Å². The summed E-state index contributed by atoms with van der Waals surface area (Å²) < 4.78 is 0. The molecule has 0 radical (unpaired) electrons. The van der Waals surface area contributed by atoms with E-state index in [0.29, 0.717) is 5.91 Å². The molecule has 4 nitrogen and oxygen atoms in total. The number of likely N-dealkylation sites (tertiary alicyclic amines) is 1. The molecule has 1 spiro atoms. The molecule has 1 atom stereocenters. The van der Waals surface area contributed by atoms with E-state index in [9.17, 15) is 4.79 Å². The Labute approximate surface area is 161 Å². The third-order valence-corrected chi connectivity index (χ3v) is 6.86. The first-order chi connectivity index (χ1) is 13.3. The van der Waals surface area contributed by atoms with Gasteiger partial charge in [0, 0.05) is 36.2 Å². The number of piperidine rings is 1. The maximum absolute atomic E-state index is 13.0. The molecule has 3 aliphatic rings. The van der Waals surface area contributed by atoms with Crippen molar-refractivity contribution in [1.29, 1.82) is 0 Å². The standard InChI is InChI=1S/C23H27N3O/c27-22(18-9-4-5-10-18)26-14-6-12-23(16-26)13-11-19-15-24-21(25-20(19)23)17-7-2-1-3-8-17/h1-3,7-8,15,18H,4-6,9-14,16H2. The molecule has 1 saturated heterocycles. The molecule has 2 aliphatic carbocycles. The maximum atomic E-state index is 13.0. The summed E-state index contributed by atoms with van der Waals surface area (Å²) in [5.74, 6) is 1.48. The molecule has 2 heterocycles. The quantitative estimate of drug-likeness (QED) is 0.807. The summed E-state index contributed by atoms with van der Waals surface area (Å²) >= 11 is 0. The highest BCUT2D eigenvalue weighted by molar-refractivity contribution is 5.79. The Hall–Kier alpha value is -2.23. The topological polar surface area (TPSA) is 46.1 Å². The van der Waals surface area contributed by atoms with Gasteiger partial charge in [0.15, 0.2) is 5.82 Å². The zero-order valence-electron chi connectivity index (χ0n) is 15.9. The highest BCUT2D eigenvalue weighted by Gasteiger charge is 2.45. The average Bonchev–Trinajstić information content (AvgIpc) is 3.37. The van der Waals surface area contributed by atoms with Gasteiger partial charge in [-0.15, -0.1) is 0 Å². The lowest BCUT2D eigenvalue weighted by atomic mass is 9.77. The number of aromatic nitrogens is 2. The third-order valence-electron chi connectivity index (χ3n) is 6.86. The van der Waals surface area contributed by atoms with Crippen LogP contribution in [0.2, 0.25) is 0 Å². The molecule has 0 N–H and O–H groups in total. The van der Waals surface area contributed by atoms with E-state index in [1.54, 1.807) is 0 Å². The number of nitrogens with zero attached hydrogens (tertiary/aromatic N) is 3. The number of rotatable bonds is 2. The van der Waals surface area contributed by atoms with Gasteiger partial charge in [0.25, 0.3) is 0 Å². The van der Waals surface area contributed by atoms with Gasteiger partial charge in [0.05, 0.1) is 5.69 Å². The van der Waals surface area contributed by atoms with Gasteiger partial charge in [-0.2, -0.15) is 0 Å². The molecule has 1 saturated carbocycles. The Morgan fingerprint density at radius 2 is 1.89 bits per heavy atom. The molecule has 4 heteroatoms. The lowest BCUT2D eigenvalue weighted by Crippen LogP contribution is -2.49. The van der Waals surface area contributed by atoms with Crippen molar-refractivity contribution >= 4 is 5.91 Å². The SMILES string of the molecule is O=C(C1CCCC1)N1CCCC2(CCc3cnc(-c4ccccc4)nc32)C1. The van der Waals surface area contributed by atoms with Crippen molar-refractivity contribution in [2.75, 3.05) is 13.1 Å². The molecule has 1 amide bonds. The second-order valence-electron chi connectivity index (χ2n) is 8.56. The molecule has 5 rings (SSSR count). The fourth-order valence-corrected chi connectivity index (χ4v) is 5.42. The Morgan fingerprint density at radius 1 is 1.07 bits per heavy atom. The van der Waals surface area contributed by atoms with Crippen LogP contribution < -0.4 is 0 Å². The summed E-state index contributed by atoms with van der Waals surface area (Å²) in [6.45, 7) is 1.77. The van der Waals surface area contributed by atoms with Gasteiger partial charge in [-0.25, -0.2) is 9.97 Å². The van der Waals surface area contributed by atoms with E-state index in [4.69, 9.17) is 4.98 Å². The molecule has 140 valence electrons. The van der Waals surface area contributed by atoms with Crippen molar-refractivity contribution in [1.82, 2.24) is 14.9 Å². The number of hydrogen-bond acceptors (Lipinski definition) is 3. The minimum atomic E-state index is 0.0360. The second kappa shape index (κ2) is 6.74. The van der Waals surface area contributed by atoms with Crippen LogP contribution >= 0.6 is 0 Å². The maximum Gasteiger partial charge on any atom is 0.225 e. The van der Waals surface area contributed by atoms with Crippen molar-refractivity contribution < 1.29 is 4.79 Å². The number of aryl methyl sites for hydroxylation is 1. The number of benzene rings is 1. The first-order valence-corrected chi connectivity index (χ1v) is 10.5. The number of carbonyl (C=O) groups excluding carboxylic acids is 1. The van der Waals surface area contributed by atoms with Crippen molar-refractivity contribution in [3.05, 3.63) is 47.8 Å². The van der Waals surface area contributed by atoms with Crippen LogP contribution in [0.3, 0.4) is 0 Å². The van der Waals surface area contributed by atoms with Gasteiger partial charge in [-0.05, 0) is 44.1 Å². The molecule has 1 aliphatic heterocycles. The predicted molar refractivity (Wildman–Crippen MR) is 105 cm³/mol. The Balaban J connectivity index is 1.45. The Bertz CT molecular complexity index is 840. The smallest absolute Gasteiger partial charge is 0.225 e. The van der Waals surface area contributed by atoms with Crippen LogP contribution in [-0.4, -0.2) is 33.9 Å². The Kier molecular flexibility index (Phi) is 4.22. The van der Waals surface area contributed by atoms with Crippen LogP contribution in [0.5, 0.6) is 0 Å². The summed E-state index contributed by atoms with van der Waals surface area (Å²) in [6.07, 6.45) is 11.0. The zero-order valence-corrected chi connectivity index (χ0v) is 15.9. The predicted octanol–water partition coefficient (Wildman–Crippen LogP) is 4.14. The monoisotopic (exact) mass is 361 g/mol. The largest absolute Gasteiger partial charge is 0.342 e. The Morgan fingerprint density at radius 3 is 2.70 bits per heavy atom. The first-order valence-electron chi connectivity index (χ1n) is 10.5. The van der Waals surface area contributed by atoms with Crippen LogP contribution in [0.1, 0.15) is 56.2 Å². The molecule has 0 bridgehead atoms. The molecule has 27 heavy (non-hydrogen) atoms. The van der Waals surface area contributed by atoms with Crippen LogP contribution in [0.25, 0.3) is 11.4 Å². The van der Waals surface area contributed by atoms with E-state index < -0.39 is 0 Å². The van der Waals surface area contributed by atoms with E-state index in [-0.39, 0.29) is 11.3 Å². The van der Waals surface area contributed by atoms with Gasteiger partial charge < -0.3 is 4.90 Å². The number of hydrogen-bond donors (Lipinski definition) is 0. The van der Waals surface area contributed by atoms with E-state index in [0.717, 1.165) is 63.0 Å². The second-order valence-corrected chi connectivity index (χ2v) is 8.56. The number of amides is 1. The van der Waals surface area contributed by atoms with Crippen molar-refractivity contribution in [3.8, 4) is 11.4 Å². The highest BCUT2D eigenvalue weighted by atomic mass is 16.2. The van der Waals surface area contributed by atoms with Gasteiger partial charge in [-0.1, -0.05) is 43.2 Å². The summed E-state index contributed by atoms with van der Waals surface area (Å²) in [4.78, 5) is 24.9. The van der Waals surface area contributed by atoms with E-state index in [2.05, 4.69) is 22.0 Å². The van der Waals surface area contributed by atoms with Crippen LogP contribution in [0.4, 0.5) is 0 Å². The van der Waals surface area contributed by atoms with Gasteiger partial charge in [-0.3, -0.25) is 4.79 Å². The normalized spacial score (nSPS) is 25.1. The summed E-state index contributed by atoms with van der Waals surface area (Å²) in [5, 5.41) is 0. The molecular weight excluding hydrogens is 334 g/mol. The summed E-state index contributed by atoms with van der Waals surface area (Å²) in [7, 11) is 0. The zero-order chi connectivity index (χ0) is 18.3. The van der Waals surface area contributed by atoms with Gasteiger partial charge >= 0.3 is 0 Å². The third kappa shape index (κ3) is 2.95. The van der Waals surface area contributed by atoms with Crippen LogP contribution in [0, 0.1) is 5.92 Å². The van der Waals surface area contributed by atoms with Crippen LogP contribution in [0.15, 0.2) is 36.5 Å². The van der Waals surface area contributed by atoms with Crippen molar-refractivity contribution in [2.45, 2.75) is 56.8 Å². The van der Waals surface area contributed by atoms with Crippen molar-refractivity contribution in [3.63, 3.8) is 0 Å².